The van der Waals surface area contributed by atoms with E-state index in [1.54, 1.807) is 0 Å². The molecule has 94 valence electrons. The van der Waals surface area contributed by atoms with E-state index in [-0.39, 0.29) is 0 Å². The first-order chi connectivity index (χ1) is 9.42. The maximum Gasteiger partial charge on any atom is 0.187 e. The van der Waals surface area contributed by atoms with E-state index in [0.717, 1.165) is 17.4 Å². The number of anilines is 1. The van der Waals surface area contributed by atoms with Gasteiger partial charge < -0.3 is 4.90 Å². The van der Waals surface area contributed by atoms with Crippen LogP contribution in [-0.2, 0) is 0 Å². The number of piperidine rings is 1. The van der Waals surface area contributed by atoms with Crippen LogP contribution in [0.4, 0.5) is 5.13 Å². The zero-order valence-corrected chi connectivity index (χ0v) is 11.0. The fraction of sp³-hybridized carbons (Fsp3) is 0.500. The lowest BCUT2D eigenvalue weighted by Gasteiger charge is -2.27. The molecule has 1 aromatic carbocycles. The Labute approximate surface area is 114 Å². The molecule has 1 saturated heterocycles. The van der Waals surface area contributed by atoms with Gasteiger partial charge in [-0.05, 0) is 18.6 Å². The van der Waals surface area contributed by atoms with Crippen molar-refractivity contribution in [3.8, 4) is 0 Å². The first-order valence-electron chi connectivity index (χ1n) is 6.96. The van der Waals surface area contributed by atoms with Crippen LogP contribution in [-0.4, -0.2) is 29.2 Å². The van der Waals surface area contributed by atoms with Crippen LogP contribution in [0, 0.1) is 11.8 Å². The number of hydrogen-bond acceptors (Lipinski definition) is 5. The number of para-hydroxylation sites is 1. The molecule has 4 aliphatic rings. The lowest BCUT2D eigenvalue weighted by Crippen LogP contribution is -2.39. The van der Waals surface area contributed by atoms with Crippen molar-refractivity contribution in [3.63, 3.8) is 0 Å². The predicted octanol–water partition coefficient (Wildman–Crippen LogP) is 2.71. The average molecular weight is 268 g/mol. The van der Waals surface area contributed by atoms with Crippen molar-refractivity contribution in [2.45, 2.75) is 30.6 Å². The van der Waals surface area contributed by atoms with Crippen LogP contribution < -0.4 is 4.90 Å². The SMILES string of the molecule is c1ccc2sc(N3[C@@H]4[C@@H]5C[C@@H]([C@H]6N=N[C@@H]56)[C@@H]43)nc2c1. The molecule has 3 heterocycles. The van der Waals surface area contributed by atoms with E-state index in [2.05, 4.69) is 39.4 Å². The maximum atomic E-state index is 4.81. The molecule has 0 unspecified atom stereocenters. The number of fused-ring (bicyclic) bond motifs is 9. The highest BCUT2D eigenvalue weighted by atomic mass is 32.1. The second-order valence-corrected chi connectivity index (χ2v) is 7.14. The lowest BCUT2D eigenvalue weighted by atomic mass is 9.90. The minimum atomic E-state index is 0.547. The largest absolute Gasteiger partial charge is 0.337 e. The van der Waals surface area contributed by atoms with Gasteiger partial charge in [-0.25, -0.2) is 4.98 Å². The topological polar surface area (TPSA) is 40.6 Å². The Kier molecular flexibility index (Phi) is 1.40. The minimum Gasteiger partial charge on any atom is -0.337 e. The van der Waals surface area contributed by atoms with Gasteiger partial charge in [0, 0.05) is 11.8 Å². The fourth-order valence-corrected chi connectivity index (χ4v) is 5.64. The highest BCUT2D eigenvalue weighted by Crippen LogP contribution is 2.63. The molecule has 2 aromatic rings. The van der Waals surface area contributed by atoms with Crippen LogP contribution >= 0.6 is 11.3 Å². The lowest BCUT2D eigenvalue weighted by molar-refractivity contribution is 0.315. The predicted molar refractivity (Wildman–Crippen MR) is 73.7 cm³/mol. The number of benzene rings is 1. The standard InChI is InChI=1S/C14H12N4S/c1-2-4-9-8(3-1)15-14(19-9)18-12-6-5-7(13(12)18)11-10(6)16-17-11/h1-4,6-7,10-13H,5H2/t6-,7+,10+,11-,12-,13+,18?. The molecule has 2 bridgehead atoms. The van der Waals surface area contributed by atoms with E-state index in [1.165, 1.54) is 16.3 Å². The highest BCUT2D eigenvalue weighted by molar-refractivity contribution is 7.22. The van der Waals surface area contributed by atoms with Gasteiger partial charge in [0.05, 0.1) is 22.3 Å². The van der Waals surface area contributed by atoms with Crippen molar-refractivity contribution in [1.29, 1.82) is 0 Å². The van der Waals surface area contributed by atoms with Crippen molar-refractivity contribution < 1.29 is 0 Å². The van der Waals surface area contributed by atoms with Crippen LogP contribution in [0.2, 0.25) is 0 Å². The molecular formula is C14H12N4S. The Balaban J connectivity index is 1.42. The van der Waals surface area contributed by atoms with Crippen molar-refractivity contribution in [3.05, 3.63) is 24.3 Å². The molecule has 4 nitrogen and oxygen atoms in total. The summed E-state index contributed by atoms with van der Waals surface area (Å²) in [6, 6.07) is 11.0. The number of aromatic nitrogens is 1. The van der Waals surface area contributed by atoms with Crippen LogP contribution in [0.1, 0.15) is 6.42 Å². The van der Waals surface area contributed by atoms with Crippen molar-refractivity contribution in [2.75, 3.05) is 4.90 Å². The average Bonchev–Trinajstić information content (AvgIpc) is 2.68. The summed E-state index contributed by atoms with van der Waals surface area (Å²) in [5.74, 6) is 1.51. The van der Waals surface area contributed by atoms with E-state index in [0.29, 0.717) is 24.2 Å². The molecule has 0 radical (unpaired) electrons. The molecule has 1 aromatic heterocycles. The summed E-state index contributed by atoms with van der Waals surface area (Å²) < 4.78 is 1.30. The second kappa shape index (κ2) is 2.82. The number of azo groups is 1. The molecule has 0 N–H and O–H groups in total. The molecule has 0 spiro atoms. The number of thiazole rings is 1. The summed E-state index contributed by atoms with van der Waals surface area (Å²) in [5.41, 5.74) is 1.14. The number of rotatable bonds is 1. The Hall–Kier alpha value is -1.49. The molecule has 6 rings (SSSR count). The summed E-state index contributed by atoms with van der Waals surface area (Å²) in [6.45, 7) is 0. The molecule has 0 amide bonds. The molecule has 6 atom stereocenters. The van der Waals surface area contributed by atoms with Crippen LogP contribution in [0.3, 0.4) is 0 Å². The highest BCUT2D eigenvalue weighted by Gasteiger charge is 2.73. The van der Waals surface area contributed by atoms with Crippen molar-refractivity contribution >= 4 is 26.7 Å². The fourth-order valence-electron chi connectivity index (χ4n) is 4.59. The molecule has 2 saturated carbocycles. The van der Waals surface area contributed by atoms with Crippen LogP contribution in [0.15, 0.2) is 34.5 Å². The monoisotopic (exact) mass is 268 g/mol. The van der Waals surface area contributed by atoms with Gasteiger partial charge in [0.25, 0.3) is 0 Å². The zero-order chi connectivity index (χ0) is 12.1. The van der Waals surface area contributed by atoms with E-state index < -0.39 is 0 Å². The Morgan fingerprint density at radius 2 is 1.79 bits per heavy atom. The quantitative estimate of drug-likeness (QED) is 0.746. The van der Waals surface area contributed by atoms with Crippen LogP contribution in [0.5, 0.6) is 0 Å². The van der Waals surface area contributed by atoms with Gasteiger partial charge in [-0.3, -0.25) is 0 Å². The maximum absolute atomic E-state index is 4.81. The van der Waals surface area contributed by atoms with Gasteiger partial charge in [0.15, 0.2) is 5.13 Å². The minimum absolute atomic E-state index is 0.547. The van der Waals surface area contributed by atoms with Crippen molar-refractivity contribution in [1.82, 2.24) is 4.98 Å². The molecule has 5 heteroatoms. The molecule has 2 aliphatic heterocycles. The summed E-state index contributed by atoms with van der Waals surface area (Å²) in [5, 5.41) is 9.90. The Morgan fingerprint density at radius 1 is 1.05 bits per heavy atom. The van der Waals surface area contributed by atoms with Gasteiger partial charge in [0.2, 0.25) is 0 Å². The normalized spacial score (nSPS) is 44.3. The van der Waals surface area contributed by atoms with Gasteiger partial charge in [-0.1, -0.05) is 23.5 Å². The van der Waals surface area contributed by atoms with E-state index in [1.807, 2.05) is 11.3 Å². The first-order valence-corrected chi connectivity index (χ1v) is 7.77. The third-order valence-electron chi connectivity index (χ3n) is 5.39. The number of hydrogen-bond donors (Lipinski definition) is 0. The van der Waals surface area contributed by atoms with Gasteiger partial charge in [-0.2, -0.15) is 10.2 Å². The molecular weight excluding hydrogens is 256 g/mol. The van der Waals surface area contributed by atoms with Crippen LogP contribution in [0.25, 0.3) is 10.2 Å². The summed E-state index contributed by atoms with van der Waals surface area (Å²) in [6.07, 6.45) is 1.35. The third kappa shape index (κ3) is 0.949. The van der Waals surface area contributed by atoms with E-state index >= 15 is 0 Å². The summed E-state index contributed by atoms with van der Waals surface area (Å²) in [7, 11) is 0. The van der Waals surface area contributed by atoms with Gasteiger partial charge in [0.1, 0.15) is 12.1 Å². The first kappa shape index (κ1) is 9.42. The third-order valence-corrected chi connectivity index (χ3v) is 6.44. The second-order valence-electron chi connectivity index (χ2n) is 6.13. The summed E-state index contributed by atoms with van der Waals surface area (Å²) >= 11 is 1.83. The zero-order valence-electron chi connectivity index (χ0n) is 10.2. The Bertz CT molecular complexity index is 681. The smallest absolute Gasteiger partial charge is 0.187 e. The molecule has 19 heavy (non-hydrogen) atoms. The summed E-state index contributed by atoms with van der Waals surface area (Å²) in [4.78, 5) is 7.36. The van der Waals surface area contributed by atoms with E-state index in [9.17, 15) is 0 Å². The number of nitrogens with zero attached hydrogens (tertiary/aromatic N) is 4. The van der Waals surface area contributed by atoms with E-state index in [4.69, 9.17) is 4.98 Å². The van der Waals surface area contributed by atoms with Gasteiger partial charge in [-0.15, -0.1) is 0 Å². The molecule has 2 aliphatic carbocycles. The Morgan fingerprint density at radius 3 is 2.47 bits per heavy atom. The van der Waals surface area contributed by atoms with Crippen molar-refractivity contribution in [2.24, 2.45) is 22.1 Å². The van der Waals surface area contributed by atoms with Gasteiger partial charge >= 0.3 is 0 Å². The molecule has 3 fully saturated rings.